The molecule has 0 aliphatic rings. The number of hydrogen-bond acceptors (Lipinski definition) is 4. The number of pyridine rings is 1. The number of aliphatic hydroxyl groups excluding tert-OH is 2. The normalized spacial score (nSPS) is 14.1. The molecular formula is C13H20N2O3. The van der Waals surface area contributed by atoms with E-state index in [1.54, 1.807) is 17.0 Å². The summed E-state index contributed by atoms with van der Waals surface area (Å²) in [6.07, 6.45) is -0.417. The number of hydrogen-bond donors (Lipinski definition) is 2. The number of rotatable bonds is 5. The van der Waals surface area contributed by atoms with Gasteiger partial charge in [0.2, 0.25) is 0 Å². The second-order valence-corrected chi connectivity index (χ2v) is 4.14. The van der Waals surface area contributed by atoms with E-state index < -0.39 is 12.2 Å². The van der Waals surface area contributed by atoms with Crippen LogP contribution in [0.2, 0.25) is 0 Å². The summed E-state index contributed by atoms with van der Waals surface area (Å²) in [7, 11) is 0. The van der Waals surface area contributed by atoms with Crippen LogP contribution in [0, 0.1) is 0 Å². The minimum atomic E-state index is -0.977. The molecular weight excluding hydrogens is 232 g/mol. The van der Waals surface area contributed by atoms with Crippen LogP contribution in [-0.4, -0.2) is 45.2 Å². The second kappa shape index (κ2) is 6.47. The third kappa shape index (κ3) is 3.27. The number of aliphatic hydroxyl groups is 2. The molecule has 0 aromatic carbocycles. The highest BCUT2D eigenvalue weighted by Gasteiger charge is 2.17. The van der Waals surface area contributed by atoms with Gasteiger partial charge in [-0.25, -0.2) is 0 Å². The van der Waals surface area contributed by atoms with Crippen LogP contribution in [0.3, 0.4) is 0 Å². The molecule has 1 aromatic rings. The Morgan fingerprint density at radius 2 is 1.94 bits per heavy atom. The lowest BCUT2D eigenvalue weighted by atomic mass is 10.1. The van der Waals surface area contributed by atoms with E-state index in [4.69, 9.17) is 0 Å². The zero-order valence-corrected chi connectivity index (χ0v) is 11.0. The Balaban J connectivity index is 2.86. The Bertz CT molecular complexity index is 386. The molecule has 2 atom stereocenters. The summed E-state index contributed by atoms with van der Waals surface area (Å²) in [6.45, 7) is 6.59. The van der Waals surface area contributed by atoms with Gasteiger partial charge in [0.05, 0.1) is 6.10 Å². The standard InChI is InChI=1S/C13H20N2O3/c1-4-15(5-2)13(18)11-7-6-10(8-14-11)12(17)9(3)16/h6-9,12,16-17H,4-5H2,1-3H3/t9-,12+/m0/s1. The second-order valence-electron chi connectivity index (χ2n) is 4.14. The van der Waals surface area contributed by atoms with Crippen LogP contribution in [-0.2, 0) is 0 Å². The lowest BCUT2D eigenvalue weighted by Crippen LogP contribution is -2.31. The van der Waals surface area contributed by atoms with Crippen LogP contribution < -0.4 is 0 Å². The zero-order valence-electron chi connectivity index (χ0n) is 11.0. The van der Waals surface area contributed by atoms with Crippen molar-refractivity contribution in [2.24, 2.45) is 0 Å². The maximum absolute atomic E-state index is 12.0. The van der Waals surface area contributed by atoms with Crippen molar-refractivity contribution in [3.8, 4) is 0 Å². The molecule has 0 spiro atoms. The molecule has 0 aliphatic carbocycles. The van der Waals surface area contributed by atoms with Crippen molar-refractivity contribution in [2.75, 3.05) is 13.1 Å². The van der Waals surface area contributed by atoms with E-state index in [-0.39, 0.29) is 5.91 Å². The average molecular weight is 252 g/mol. The minimum absolute atomic E-state index is 0.127. The maximum atomic E-state index is 12.0. The summed E-state index contributed by atoms with van der Waals surface area (Å²) in [6, 6.07) is 3.18. The van der Waals surface area contributed by atoms with Crippen molar-refractivity contribution in [2.45, 2.75) is 33.0 Å². The highest BCUT2D eigenvalue weighted by Crippen LogP contribution is 2.16. The molecule has 1 rings (SSSR count). The highest BCUT2D eigenvalue weighted by molar-refractivity contribution is 5.92. The number of aromatic nitrogens is 1. The van der Waals surface area contributed by atoms with Gasteiger partial charge < -0.3 is 15.1 Å². The van der Waals surface area contributed by atoms with E-state index in [0.29, 0.717) is 24.3 Å². The molecule has 1 aromatic heterocycles. The van der Waals surface area contributed by atoms with E-state index in [9.17, 15) is 15.0 Å². The third-order valence-corrected chi connectivity index (χ3v) is 2.85. The monoisotopic (exact) mass is 252 g/mol. The Morgan fingerprint density at radius 1 is 1.33 bits per heavy atom. The number of amides is 1. The fourth-order valence-electron chi connectivity index (χ4n) is 1.66. The van der Waals surface area contributed by atoms with Gasteiger partial charge in [0.25, 0.3) is 5.91 Å². The molecule has 0 fully saturated rings. The lowest BCUT2D eigenvalue weighted by Gasteiger charge is -2.18. The summed E-state index contributed by atoms with van der Waals surface area (Å²) in [5.41, 5.74) is 0.848. The maximum Gasteiger partial charge on any atom is 0.272 e. The first-order valence-corrected chi connectivity index (χ1v) is 6.12. The molecule has 0 radical (unpaired) electrons. The van der Waals surface area contributed by atoms with Gasteiger partial charge in [-0.3, -0.25) is 9.78 Å². The van der Waals surface area contributed by atoms with E-state index in [1.165, 1.54) is 13.1 Å². The first kappa shape index (κ1) is 14.6. The molecule has 5 nitrogen and oxygen atoms in total. The summed E-state index contributed by atoms with van der Waals surface area (Å²) >= 11 is 0. The zero-order chi connectivity index (χ0) is 13.7. The van der Waals surface area contributed by atoms with Crippen LogP contribution in [0.15, 0.2) is 18.3 Å². The first-order valence-electron chi connectivity index (χ1n) is 6.12. The molecule has 5 heteroatoms. The number of carbonyl (C=O) groups is 1. The van der Waals surface area contributed by atoms with Gasteiger partial charge >= 0.3 is 0 Å². The van der Waals surface area contributed by atoms with Crippen LogP contribution in [0.1, 0.15) is 42.9 Å². The Morgan fingerprint density at radius 3 is 2.33 bits per heavy atom. The molecule has 0 saturated carbocycles. The summed E-state index contributed by atoms with van der Waals surface area (Å²) in [5.74, 6) is -0.127. The van der Waals surface area contributed by atoms with Gasteiger partial charge in [0.1, 0.15) is 11.8 Å². The highest BCUT2D eigenvalue weighted by atomic mass is 16.3. The summed E-state index contributed by atoms with van der Waals surface area (Å²) < 4.78 is 0. The lowest BCUT2D eigenvalue weighted by molar-refractivity contribution is 0.0303. The SMILES string of the molecule is CCN(CC)C(=O)c1ccc([C@H](O)[C@H](C)O)cn1. The van der Waals surface area contributed by atoms with Gasteiger partial charge in [-0.05, 0) is 26.8 Å². The number of carbonyl (C=O) groups excluding carboxylic acids is 1. The van der Waals surface area contributed by atoms with E-state index in [1.807, 2.05) is 13.8 Å². The van der Waals surface area contributed by atoms with Crippen molar-refractivity contribution in [3.63, 3.8) is 0 Å². The Kier molecular flexibility index (Phi) is 5.25. The van der Waals surface area contributed by atoms with Crippen LogP contribution in [0.4, 0.5) is 0 Å². The Labute approximate surface area is 107 Å². The van der Waals surface area contributed by atoms with E-state index in [0.717, 1.165) is 0 Å². The third-order valence-electron chi connectivity index (χ3n) is 2.85. The quantitative estimate of drug-likeness (QED) is 0.819. The molecule has 2 N–H and O–H groups in total. The molecule has 100 valence electrons. The fraction of sp³-hybridized carbons (Fsp3) is 0.538. The molecule has 0 bridgehead atoms. The van der Waals surface area contributed by atoms with Crippen molar-refractivity contribution in [1.82, 2.24) is 9.88 Å². The molecule has 18 heavy (non-hydrogen) atoms. The van der Waals surface area contributed by atoms with Gasteiger partial charge in [-0.1, -0.05) is 6.07 Å². The van der Waals surface area contributed by atoms with Crippen molar-refractivity contribution in [1.29, 1.82) is 0 Å². The predicted molar refractivity (Wildman–Crippen MR) is 68.1 cm³/mol. The molecule has 1 heterocycles. The van der Waals surface area contributed by atoms with Gasteiger partial charge in [-0.2, -0.15) is 0 Å². The smallest absolute Gasteiger partial charge is 0.272 e. The van der Waals surface area contributed by atoms with Crippen LogP contribution in [0.5, 0.6) is 0 Å². The molecule has 0 unspecified atom stereocenters. The van der Waals surface area contributed by atoms with Gasteiger partial charge in [0.15, 0.2) is 0 Å². The first-order chi connectivity index (χ1) is 8.51. The largest absolute Gasteiger partial charge is 0.390 e. The topological polar surface area (TPSA) is 73.7 Å². The average Bonchev–Trinajstić information content (AvgIpc) is 2.39. The summed E-state index contributed by atoms with van der Waals surface area (Å²) in [4.78, 5) is 17.7. The summed E-state index contributed by atoms with van der Waals surface area (Å²) in [5, 5.41) is 18.9. The van der Waals surface area contributed by atoms with E-state index >= 15 is 0 Å². The predicted octanol–water partition coefficient (Wildman–Crippen LogP) is 0.978. The number of nitrogens with zero attached hydrogens (tertiary/aromatic N) is 2. The van der Waals surface area contributed by atoms with Crippen molar-refractivity contribution >= 4 is 5.91 Å². The van der Waals surface area contributed by atoms with Crippen molar-refractivity contribution < 1.29 is 15.0 Å². The van der Waals surface area contributed by atoms with Crippen molar-refractivity contribution in [3.05, 3.63) is 29.6 Å². The molecule has 0 saturated heterocycles. The Hall–Kier alpha value is -1.46. The minimum Gasteiger partial charge on any atom is -0.390 e. The molecule has 1 amide bonds. The fourth-order valence-corrected chi connectivity index (χ4v) is 1.66. The van der Waals surface area contributed by atoms with E-state index in [2.05, 4.69) is 4.98 Å². The van der Waals surface area contributed by atoms with Crippen LogP contribution in [0.25, 0.3) is 0 Å². The van der Waals surface area contributed by atoms with Crippen LogP contribution >= 0.6 is 0 Å². The molecule has 0 aliphatic heterocycles. The van der Waals surface area contributed by atoms with Gasteiger partial charge in [0, 0.05) is 24.8 Å². The van der Waals surface area contributed by atoms with Gasteiger partial charge in [-0.15, -0.1) is 0 Å².